The number of thiophene rings is 1. The van der Waals surface area contributed by atoms with Crippen molar-refractivity contribution < 1.29 is 4.79 Å². The predicted molar refractivity (Wildman–Crippen MR) is 139 cm³/mol. The van der Waals surface area contributed by atoms with Crippen molar-refractivity contribution in [2.24, 2.45) is 0 Å². The fourth-order valence-electron chi connectivity index (χ4n) is 4.57. The number of benzene rings is 2. The zero-order chi connectivity index (χ0) is 23.2. The van der Waals surface area contributed by atoms with Crippen LogP contribution in [0.4, 0.5) is 5.69 Å². The molecule has 0 saturated heterocycles. The van der Waals surface area contributed by atoms with Gasteiger partial charge in [-0.05, 0) is 49.6 Å². The number of anilines is 1. The highest BCUT2D eigenvalue weighted by Crippen LogP contribution is 2.35. The number of aryl methyl sites for hydroxylation is 2. The van der Waals surface area contributed by atoms with E-state index in [0.29, 0.717) is 32.9 Å². The molecule has 170 valence electrons. The third kappa shape index (κ3) is 3.54. The molecule has 0 fully saturated rings. The van der Waals surface area contributed by atoms with Gasteiger partial charge in [-0.25, -0.2) is 9.97 Å². The first-order chi connectivity index (χ1) is 16.6. The lowest BCUT2D eigenvalue weighted by Crippen LogP contribution is -2.24. The number of nitrogens with one attached hydrogen (secondary N) is 1. The van der Waals surface area contributed by atoms with Crippen LogP contribution in [0.25, 0.3) is 31.0 Å². The molecule has 0 bridgehead atoms. The second-order valence-electron chi connectivity index (χ2n) is 8.52. The lowest BCUT2D eigenvalue weighted by molar-refractivity contribution is 0.103. The minimum absolute atomic E-state index is 0.0235. The monoisotopic (exact) mass is 486 g/mol. The predicted octanol–water partition coefficient (Wildman–Crippen LogP) is 6.02. The molecule has 6 nitrogen and oxygen atoms in total. The summed E-state index contributed by atoms with van der Waals surface area (Å²) in [5, 5.41) is 4.50. The summed E-state index contributed by atoms with van der Waals surface area (Å²) in [4.78, 5) is 37.4. The second-order valence-corrected chi connectivity index (χ2v) is 10.5. The van der Waals surface area contributed by atoms with Gasteiger partial charge in [0.15, 0.2) is 0 Å². The number of rotatable bonds is 3. The van der Waals surface area contributed by atoms with Crippen molar-refractivity contribution in [3.8, 4) is 10.6 Å². The van der Waals surface area contributed by atoms with E-state index >= 15 is 0 Å². The van der Waals surface area contributed by atoms with Gasteiger partial charge in [0.1, 0.15) is 15.7 Å². The van der Waals surface area contributed by atoms with E-state index in [1.165, 1.54) is 11.3 Å². The molecule has 5 aromatic rings. The van der Waals surface area contributed by atoms with Crippen molar-refractivity contribution in [3.05, 3.63) is 75.1 Å². The van der Waals surface area contributed by atoms with E-state index in [2.05, 4.69) is 5.32 Å². The Morgan fingerprint density at radius 1 is 1.00 bits per heavy atom. The molecular weight excluding hydrogens is 464 g/mol. The van der Waals surface area contributed by atoms with Crippen LogP contribution in [0.2, 0.25) is 0 Å². The Morgan fingerprint density at radius 3 is 2.71 bits per heavy atom. The zero-order valence-electron chi connectivity index (χ0n) is 18.6. The Morgan fingerprint density at radius 2 is 1.82 bits per heavy atom. The van der Waals surface area contributed by atoms with Crippen LogP contribution in [0.15, 0.2) is 53.3 Å². The number of hydrogen-bond acceptors (Lipinski definition) is 6. The van der Waals surface area contributed by atoms with Crippen LogP contribution in [0.1, 0.15) is 40.3 Å². The molecule has 1 aliphatic heterocycles. The fourth-order valence-corrected chi connectivity index (χ4v) is 6.66. The van der Waals surface area contributed by atoms with Crippen LogP contribution in [0.5, 0.6) is 0 Å². The molecule has 1 N–H and O–H groups in total. The summed E-state index contributed by atoms with van der Waals surface area (Å²) in [5.41, 5.74) is 3.19. The average Bonchev–Trinajstić information content (AvgIpc) is 3.32. The maximum absolute atomic E-state index is 13.4. The first-order valence-corrected chi connectivity index (χ1v) is 13.0. The fraction of sp³-hybridized carbons (Fsp3) is 0.231. The highest BCUT2D eigenvalue weighted by molar-refractivity contribution is 7.21. The first kappa shape index (κ1) is 21.2. The molecule has 0 aliphatic carbocycles. The van der Waals surface area contributed by atoms with E-state index in [-0.39, 0.29) is 11.5 Å². The maximum Gasteiger partial charge on any atom is 0.266 e. The van der Waals surface area contributed by atoms with Gasteiger partial charge >= 0.3 is 0 Å². The van der Waals surface area contributed by atoms with Crippen molar-refractivity contribution >= 4 is 54.7 Å². The van der Waals surface area contributed by atoms with Crippen LogP contribution in [0.3, 0.4) is 0 Å². The third-order valence-corrected chi connectivity index (χ3v) is 8.57. The summed E-state index contributed by atoms with van der Waals surface area (Å²) in [6, 6.07) is 15.7. The van der Waals surface area contributed by atoms with E-state index in [4.69, 9.17) is 9.97 Å². The van der Waals surface area contributed by atoms with E-state index in [1.807, 2.05) is 55.5 Å². The summed E-state index contributed by atoms with van der Waals surface area (Å²) in [6.45, 7) is 2.55. The Kier molecular flexibility index (Phi) is 5.27. The summed E-state index contributed by atoms with van der Waals surface area (Å²) < 4.78 is 2.91. The van der Waals surface area contributed by atoms with Gasteiger partial charge in [0, 0.05) is 18.5 Å². The Balaban J connectivity index is 1.39. The van der Waals surface area contributed by atoms with E-state index < -0.39 is 0 Å². The van der Waals surface area contributed by atoms with Crippen molar-refractivity contribution in [1.82, 2.24) is 14.5 Å². The smallest absolute Gasteiger partial charge is 0.266 e. The van der Waals surface area contributed by atoms with Crippen molar-refractivity contribution in [2.75, 3.05) is 5.32 Å². The molecule has 3 aromatic heterocycles. The van der Waals surface area contributed by atoms with Crippen molar-refractivity contribution in [2.45, 2.75) is 39.2 Å². The maximum atomic E-state index is 13.4. The molecule has 0 saturated carbocycles. The van der Waals surface area contributed by atoms with Gasteiger partial charge in [-0.2, -0.15) is 0 Å². The molecule has 0 radical (unpaired) electrons. The highest BCUT2D eigenvalue weighted by Gasteiger charge is 2.23. The molecule has 2 aromatic carbocycles. The van der Waals surface area contributed by atoms with Gasteiger partial charge in [-0.3, -0.25) is 14.2 Å². The molecule has 1 amide bonds. The lowest BCUT2D eigenvalue weighted by Gasteiger charge is -2.09. The molecule has 0 atom stereocenters. The number of carbonyl (C=O) groups is 1. The molecule has 0 unspecified atom stereocenters. The molecule has 6 rings (SSSR count). The third-order valence-electron chi connectivity index (χ3n) is 6.32. The number of nitrogens with zero attached hydrogens (tertiary/aromatic N) is 3. The number of hydrogen-bond donors (Lipinski definition) is 1. The second kappa shape index (κ2) is 8.45. The number of carbonyl (C=O) groups excluding carboxylic acids is 1. The van der Waals surface area contributed by atoms with E-state index in [1.54, 1.807) is 15.9 Å². The SMILES string of the molecule is Cc1c(C(=O)Nc2ccccc2-c2nc3ccccc3s2)sc2nc3n(c(=O)c12)CCCCC3. The molecule has 1 aliphatic rings. The topological polar surface area (TPSA) is 76.9 Å². The van der Waals surface area contributed by atoms with Gasteiger partial charge < -0.3 is 5.32 Å². The normalized spacial score (nSPS) is 13.7. The van der Waals surface area contributed by atoms with Gasteiger partial charge in [-0.15, -0.1) is 22.7 Å². The summed E-state index contributed by atoms with van der Waals surface area (Å²) in [6.07, 6.45) is 3.94. The minimum Gasteiger partial charge on any atom is -0.321 e. The van der Waals surface area contributed by atoms with Gasteiger partial charge in [0.2, 0.25) is 0 Å². The number of amides is 1. The molecule has 8 heteroatoms. The van der Waals surface area contributed by atoms with Crippen LogP contribution in [0, 0.1) is 6.92 Å². The number of aromatic nitrogens is 3. The number of thiazole rings is 1. The van der Waals surface area contributed by atoms with E-state index in [0.717, 1.165) is 52.3 Å². The van der Waals surface area contributed by atoms with Crippen LogP contribution in [-0.2, 0) is 13.0 Å². The van der Waals surface area contributed by atoms with Crippen LogP contribution >= 0.6 is 22.7 Å². The first-order valence-electron chi connectivity index (χ1n) is 11.4. The van der Waals surface area contributed by atoms with E-state index in [9.17, 15) is 9.59 Å². The van der Waals surface area contributed by atoms with Gasteiger partial charge in [0.25, 0.3) is 11.5 Å². The lowest BCUT2D eigenvalue weighted by atomic mass is 10.1. The Bertz CT molecular complexity index is 1600. The van der Waals surface area contributed by atoms with Crippen LogP contribution in [-0.4, -0.2) is 20.4 Å². The quantitative estimate of drug-likeness (QED) is 0.338. The summed E-state index contributed by atoms with van der Waals surface area (Å²) in [7, 11) is 0. The van der Waals surface area contributed by atoms with Gasteiger partial charge in [0.05, 0.1) is 26.2 Å². The number of para-hydroxylation sites is 2. The molecule has 34 heavy (non-hydrogen) atoms. The highest BCUT2D eigenvalue weighted by atomic mass is 32.1. The Labute approximate surface area is 203 Å². The van der Waals surface area contributed by atoms with Crippen molar-refractivity contribution in [1.29, 1.82) is 0 Å². The summed E-state index contributed by atoms with van der Waals surface area (Å²) >= 11 is 2.90. The summed E-state index contributed by atoms with van der Waals surface area (Å²) in [5.74, 6) is 0.609. The average molecular weight is 487 g/mol. The minimum atomic E-state index is -0.228. The number of fused-ring (bicyclic) bond motifs is 3. The molecule has 0 spiro atoms. The zero-order valence-corrected chi connectivity index (χ0v) is 20.3. The Hall–Kier alpha value is -3.36. The molecular formula is C26H22N4O2S2. The molecule has 4 heterocycles. The van der Waals surface area contributed by atoms with Crippen molar-refractivity contribution in [3.63, 3.8) is 0 Å². The van der Waals surface area contributed by atoms with Crippen LogP contribution < -0.4 is 10.9 Å². The van der Waals surface area contributed by atoms with Gasteiger partial charge in [-0.1, -0.05) is 30.7 Å². The largest absolute Gasteiger partial charge is 0.321 e. The standard InChI is InChI=1S/C26H22N4O2S2/c1-15-21-25(29-20-13-3-2-8-14-30(20)26(21)32)34-22(15)23(31)27-17-10-5-4-9-16(17)24-28-18-11-6-7-12-19(18)33-24/h4-7,9-12H,2-3,8,13-14H2,1H3,(H,27,31).